The van der Waals surface area contributed by atoms with Crippen LogP contribution < -0.4 is 15.0 Å². The van der Waals surface area contributed by atoms with Crippen LogP contribution >= 0.6 is 12.1 Å². The zero-order chi connectivity index (χ0) is 32.6. The van der Waals surface area contributed by atoms with Crippen LogP contribution in [-0.4, -0.2) is 75.0 Å². The van der Waals surface area contributed by atoms with Gasteiger partial charge in [0, 0.05) is 38.3 Å². The Labute approximate surface area is 269 Å². The van der Waals surface area contributed by atoms with E-state index >= 15 is 0 Å². The summed E-state index contributed by atoms with van der Waals surface area (Å²) in [6.45, 7) is 7.64. The lowest BCUT2D eigenvalue weighted by Crippen LogP contribution is -2.48. The van der Waals surface area contributed by atoms with Gasteiger partial charge in [-0.05, 0) is 76.8 Å². The fraction of sp³-hybridized carbons (Fsp3) is 0.500. The summed E-state index contributed by atoms with van der Waals surface area (Å²) >= 11 is 1.15. The van der Waals surface area contributed by atoms with Crippen molar-refractivity contribution < 1.29 is 27.8 Å². The van der Waals surface area contributed by atoms with Gasteiger partial charge >= 0.3 is 6.09 Å². The van der Waals surface area contributed by atoms with Crippen LogP contribution in [-0.2, 0) is 9.47 Å². The van der Waals surface area contributed by atoms with Crippen LogP contribution in [0.3, 0.4) is 0 Å². The lowest BCUT2D eigenvalue weighted by Gasteiger charge is -2.39. The molecule has 3 aliphatic heterocycles. The molecule has 1 spiro atoms. The summed E-state index contributed by atoms with van der Waals surface area (Å²) in [6.07, 6.45) is 2.55. The van der Waals surface area contributed by atoms with Gasteiger partial charge in [0.15, 0.2) is 11.6 Å². The van der Waals surface area contributed by atoms with E-state index in [9.17, 15) is 23.6 Å². The smallest absolute Gasteiger partial charge is 0.410 e. The largest absolute Gasteiger partial charge is 0.453 e. The van der Waals surface area contributed by atoms with Crippen molar-refractivity contribution in [1.29, 1.82) is 5.26 Å². The Morgan fingerprint density at radius 1 is 1.22 bits per heavy atom. The number of fused-ring (bicyclic) bond motifs is 1. The van der Waals surface area contributed by atoms with E-state index in [-0.39, 0.29) is 46.7 Å². The molecule has 3 aliphatic rings. The normalized spacial score (nSPS) is 21.4. The van der Waals surface area contributed by atoms with E-state index in [1.807, 2.05) is 26.8 Å². The topological polar surface area (TPSA) is 122 Å². The number of amides is 1. The predicted molar refractivity (Wildman–Crippen MR) is 169 cm³/mol. The molecule has 0 saturated carbocycles. The molecule has 3 saturated heterocycles. The number of ether oxygens (including phenoxy) is 3. The molecule has 3 fully saturated rings. The number of alkyl halides is 1. The Morgan fingerprint density at radius 2 is 2.00 bits per heavy atom. The molecule has 244 valence electrons. The molecular formula is C32H36F2N6O5S. The summed E-state index contributed by atoms with van der Waals surface area (Å²) < 4.78 is 52.5. The molecule has 3 aromatic rings. The minimum Gasteiger partial charge on any atom is -0.453 e. The summed E-state index contributed by atoms with van der Waals surface area (Å²) in [5, 5.41) is 10.2. The minimum atomic E-state index is -0.907. The molecule has 0 radical (unpaired) electrons. The van der Waals surface area contributed by atoms with E-state index in [0.717, 1.165) is 12.1 Å². The molecule has 6 rings (SSSR count). The molecule has 14 heteroatoms. The average Bonchev–Trinajstić information content (AvgIpc) is 3.63. The lowest BCUT2D eigenvalue weighted by atomic mass is 9.87. The molecule has 1 N–H and O–H groups in total. The molecule has 11 nitrogen and oxygen atoms in total. The molecule has 1 aromatic heterocycles. The van der Waals surface area contributed by atoms with Gasteiger partial charge in [0.1, 0.15) is 29.2 Å². The zero-order valence-electron chi connectivity index (χ0n) is 25.9. The Morgan fingerprint density at radius 3 is 2.70 bits per heavy atom. The summed E-state index contributed by atoms with van der Waals surface area (Å²) in [4.78, 5) is 32.4. The van der Waals surface area contributed by atoms with Crippen LogP contribution in [0.15, 0.2) is 41.5 Å². The van der Waals surface area contributed by atoms with Gasteiger partial charge in [-0.2, -0.15) is 5.26 Å². The van der Waals surface area contributed by atoms with Crippen LogP contribution in [0, 0.1) is 17.1 Å². The van der Waals surface area contributed by atoms with Gasteiger partial charge < -0.3 is 23.8 Å². The van der Waals surface area contributed by atoms with Crippen LogP contribution in [0.1, 0.15) is 58.1 Å². The van der Waals surface area contributed by atoms with Crippen molar-refractivity contribution in [2.24, 2.45) is 0 Å². The molecule has 0 aliphatic carbocycles. The SMILES string of the molecule is CC(C)(C)OC(=O)N1CCC2(CC1)CC(n1cnc3ccc(Oc4c(F)ccc(NSN5CCC(F)C5)c4C#N)cc3c1=O)CO2. The number of hydrogen-bond donors (Lipinski definition) is 1. The summed E-state index contributed by atoms with van der Waals surface area (Å²) in [5.74, 6) is -0.866. The third kappa shape index (κ3) is 6.77. The number of anilines is 1. The van der Waals surface area contributed by atoms with Gasteiger partial charge in [-0.3, -0.25) is 9.36 Å². The number of rotatable bonds is 6. The summed E-state index contributed by atoms with van der Waals surface area (Å²) in [5.41, 5.74) is -0.609. The Hall–Kier alpha value is -3.93. The highest BCUT2D eigenvalue weighted by Crippen LogP contribution is 2.41. The summed E-state index contributed by atoms with van der Waals surface area (Å²) in [6, 6.07) is 9.02. The average molecular weight is 655 g/mol. The highest BCUT2D eigenvalue weighted by molar-refractivity contribution is 7.98. The zero-order valence-corrected chi connectivity index (χ0v) is 26.7. The van der Waals surface area contributed by atoms with E-state index in [2.05, 4.69) is 9.71 Å². The van der Waals surface area contributed by atoms with Gasteiger partial charge in [0.05, 0.1) is 41.2 Å². The number of nitrogens with zero attached hydrogens (tertiary/aromatic N) is 5. The number of carbonyl (C=O) groups excluding carboxylic acids is 1. The van der Waals surface area contributed by atoms with E-state index < -0.39 is 23.2 Å². The van der Waals surface area contributed by atoms with Crippen LogP contribution in [0.5, 0.6) is 11.5 Å². The third-order valence-corrected chi connectivity index (χ3v) is 9.38. The van der Waals surface area contributed by atoms with Gasteiger partial charge in [0.25, 0.3) is 5.56 Å². The number of piperidine rings is 1. The quantitative estimate of drug-likeness (QED) is 0.319. The third-order valence-electron chi connectivity index (χ3n) is 8.48. The first-order valence-corrected chi connectivity index (χ1v) is 16.1. The molecule has 1 amide bonds. The van der Waals surface area contributed by atoms with E-state index in [0.29, 0.717) is 63.1 Å². The van der Waals surface area contributed by atoms with E-state index in [1.165, 1.54) is 24.5 Å². The second-order valence-corrected chi connectivity index (χ2v) is 13.8. The van der Waals surface area contributed by atoms with Gasteiger partial charge in [-0.1, -0.05) is 0 Å². The fourth-order valence-corrected chi connectivity index (χ4v) is 6.89. The Balaban J connectivity index is 1.17. The molecule has 2 unspecified atom stereocenters. The van der Waals surface area contributed by atoms with Gasteiger partial charge in [-0.15, -0.1) is 0 Å². The number of nitrogens with one attached hydrogen (secondary N) is 1. The van der Waals surface area contributed by atoms with Crippen LogP contribution in [0.2, 0.25) is 0 Å². The van der Waals surface area contributed by atoms with E-state index in [4.69, 9.17) is 14.2 Å². The number of aromatic nitrogens is 2. The maximum absolute atomic E-state index is 15.0. The van der Waals surface area contributed by atoms with Gasteiger partial charge in [0.2, 0.25) is 0 Å². The molecule has 2 atom stereocenters. The maximum atomic E-state index is 15.0. The maximum Gasteiger partial charge on any atom is 0.410 e. The second kappa shape index (κ2) is 12.7. The first-order chi connectivity index (χ1) is 21.9. The molecular weight excluding hydrogens is 618 g/mol. The minimum absolute atomic E-state index is 0.0571. The molecule has 4 heterocycles. The molecule has 2 aromatic carbocycles. The highest BCUT2D eigenvalue weighted by atomic mass is 32.2. The first-order valence-electron chi connectivity index (χ1n) is 15.3. The number of nitriles is 1. The molecule has 0 bridgehead atoms. The van der Waals surface area contributed by atoms with Crippen molar-refractivity contribution >= 4 is 34.8 Å². The van der Waals surface area contributed by atoms with Gasteiger partial charge in [-0.25, -0.2) is 22.9 Å². The lowest BCUT2D eigenvalue weighted by molar-refractivity contribution is -0.0486. The number of hydrogen-bond acceptors (Lipinski definition) is 10. The van der Waals surface area contributed by atoms with Crippen LogP contribution in [0.25, 0.3) is 10.9 Å². The van der Waals surface area contributed by atoms with Crippen molar-refractivity contribution in [1.82, 2.24) is 18.8 Å². The Bertz CT molecular complexity index is 1730. The van der Waals surface area contributed by atoms with Crippen molar-refractivity contribution in [3.8, 4) is 17.6 Å². The van der Waals surface area contributed by atoms with Crippen molar-refractivity contribution in [2.75, 3.05) is 37.5 Å². The van der Waals surface area contributed by atoms with Crippen molar-refractivity contribution in [3.05, 3.63) is 58.4 Å². The fourth-order valence-electron chi connectivity index (χ4n) is 6.06. The predicted octanol–water partition coefficient (Wildman–Crippen LogP) is 5.95. The van der Waals surface area contributed by atoms with Crippen molar-refractivity contribution in [3.63, 3.8) is 0 Å². The number of carbonyl (C=O) groups is 1. The summed E-state index contributed by atoms with van der Waals surface area (Å²) in [7, 11) is 0. The number of likely N-dealkylation sites (tertiary alicyclic amines) is 1. The second-order valence-electron chi connectivity index (χ2n) is 12.9. The van der Waals surface area contributed by atoms with Crippen LogP contribution in [0.4, 0.5) is 19.3 Å². The van der Waals surface area contributed by atoms with Crippen molar-refractivity contribution in [2.45, 2.75) is 69.9 Å². The monoisotopic (exact) mass is 654 g/mol. The first kappa shape index (κ1) is 32.0. The highest BCUT2D eigenvalue weighted by Gasteiger charge is 2.45. The molecule has 46 heavy (non-hydrogen) atoms. The Kier molecular flexibility index (Phi) is 8.84. The van der Waals surface area contributed by atoms with E-state index in [1.54, 1.807) is 25.9 Å². The standard InChI is InChI=1S/C32H36F2N6O5S/c1-31(2,3)45-30(42)38-12-9-32(10-13-38)15-21(18-43-32)40-19-36-26-6-4-22(14-23(26)29(40)41)44-28-24(16-35)27(7-5-25(28)34)37-46-39-11-8-20(33)17-39/h4-7,14,19-21,37H,8-13,15,17-18H2,1-3H3. The number of benzene rings is 2. The number of halogens is 2.